The number of hydrogen-bond acceptors (Lipinski definition) is 2. The average Bonchev–Trinajstić information content (AvgIpc) is 2.32. The van der Waals surface area contributed by atoms with E-state index in [1.165, 1.54) is 12.1 Å². The van der Waals surface area contributed by atoms with Crippen LogP contribution in [0.2, 0.25) is 0 Å². The maximum Gasteiger partial charge on any atom is 0.146 e. The summed E-state index contributed by atoms with van der Waals surface area (Å²) in [6.45, 7) is 4.35. The number of benzene rings is 1. The van der Waals surface area contributed by atoms with Crippen LogP contribution in [0.3, 0.4) is 0 Å². The van der Waals surface area contributed by atoms with Crippen LogP contribution in [0.5, 0.6) is 0 Å². The molecule has 1 unspecified atom stereocenters. The summed E-state index contributed by atoms with van der Waals surface area (Å²) in [7, 11) is 0. The second-order valence-corrected chi connectivity index (χ2v) is 4.10. The standard InChI is InChI=1S/C12H16F2N2/c1-2-10-8-16(6-5-15-10)12-7-9(13)3-4-11(12)14/h3-4,7,10,15H,2,5-6,8H2,1H3. The number of hydrogen-bond donors (Lipinski definition) is 1. The Morgan fingerprint density at radius 2 is 2.25 bits per heavy atom. The molecule has 0 amide bonds. The second-order valence-electron chi connectivity index (χ2n) is 4.10. The largest absolute Gasteiger partial charge is 0.366 e. The van der Waals surface area contributed by atoms with Crippen molar-refractivity contribution in [3.8, 4) is 0 Å². The Morgan fingerprint density at radius 1 is 1.44 bits per heavy atom. The highest BCUT2D eigenvalue weighted by Crippen LogP contribution is 2.21. The Kier molecular flexibility index (Phi) is 3.39. The molecule has 1 atom stereocenters. The van der Waals surface area contributed by atoms with Crippen LogP contribution < -0.4 is 10.2 Å². The van der Waals surface area contributed by atoms with Gasteiger partial charge in [-0.3, -0.25) is 0 Å². The lowest BCUT2D eigenvalue weighted by Crippen LogP contribution is -2.50. The van der Waals surface area contributed by atoms with E-state index in [4.69, 9.17) is 0 Å². The molecule has 0 radical (unpaired) electrons. The van der Waals surface area contributed by atoms with Gasteiger partial charge in [0.25, 0.3) is 0 Å². The molecule has 2 rings (SSSR count). The van der Waals surface area contributed by atoms with Crippen molar-refractivity contribution in [2.45, 2.75) is 19.4 Å². The van der Waals surface area contributed by atoms with E-state index in [9.17, 15) is 8.78 Å². The minimum absolute atomic E-state index is 0.349. The lowest BCUT2D eigenvalue weighted by molar-refractivity contribution is 0.442. The molecule has 0 bridgehead atoms. The van der Waals surface area contributed by atoms with Crippen LogP contribution in [0.25, 0.3) is 0 Å². The molecule has 0 spiro atoms. The molecule has 1 aromatic rings. The molecule has 88 valence electrons. The molecule has 4 heteroatoms. The summed E-state index contributed by atoms with van der Waals surface area (Å²) in [5.41, 5.74) is 0.375. The van der Waals surface area contributed by atoms with E-state index < -0.39 is 0 Å². The van der Waals surface area contributed by atoms with Crippen molar-refractivity contribution in [2.75, 3.05) is 24.5 Å². The monoisotopic (exact) mass is 226 g/mol. The Labute approximate surface area is 94.3 Å². The fourth-order valence-electron chi connectivity index (χ4n) is 2.05. The highest BCUT2D eigenvalue weighted by atomic mass is 19.1. The predicted molar refractivity (Wildman–Crippen MR) is 60.7 cm³/mol. The number of anilines is 1. The van der Waals surface area contributed by atoms with E-state index in [0.29, 0.717) is 11.7 Å². The van der Waals surface area contributed by atoms with Crippen molar-refractivity contribution >= 4 is 5.69 Å². The zero-order chi connectivity index (χ0) is 11.5. The molecule has 1 aromatic carbocycles. The van der Waals surface area contributed by atoms with E-state index in [-0.39, 0.29) is 11.6 Å². The molecule has 1 heterocycles. The molecule has 1 saturated heterocycles. The highest BCUT2D eigenvalue weighted by Gasteiger charge is 2.20. The lowest BCUT2D eigenvalue weighted by Gasteiger charge is -2.35. The van der Waals surface area contributed by atoms with Crippen LogP contribution in [-0.2, 0) is 0 Å². The van der Waals surface area contributed by atoms with Gasteiger partial charge >= 0.3 is 0 Å². The quantitative estimate of drug-likeness (QED) is 0.831. The van der Waals surface area contributed by atoms with E-state index in [1.807, 2.05) is 4.90 Å². The Bertz CT molecular complexity index is 368. The van der Waals surface area contributed by atoms with Gasteiger partial charge in [0.05, 0.1) is 5.69 Å². The highest BCUT2D eigenvalue weighted by molar-refractivity contribution is 5.48. The summed E-state index contributed by atoms with van der Waals surface area (Å²) in [6, 6.07) is 3.97. The number of rotatable bonds is 2. The molecule has 16 heavy (non-hydrogen) atoms. The molecular formula is C12H16F2N2. The first-order chi connectivity index (χ1) is 7.70. The maximum atomic E-state index is 13.6. The first-order valence-electron chi connectivity index (χ1n) is 5.64. The molecule has 1 aliphatic heterocycles. The molecule has 1 fully saturated rings. The van der Waals surface area contributed by atoms with Gasteiger partial charge in [0.1, 0.15) is 11.6 Å². The Hall–Kier alpha value is -1.16. The summed E-state index contributed by atoms with van der Waals surface area (Å²) in [4.78, 5) is 1.91. The van der Waals surface area contributed by atoms with Crippen LogP contribution in [0.15, 0.2) is 18.2 Å². The Morgan fingerprint density at radius 3 is 3.00 bits per heavy atom. The van der Waals surface area contributed by atoms with Crippen molar-refractivity contribution in [2.24, 2.45) is 0 Å². The SMILES string of the molecule is CCC1CN(c2cc(F)ccc2F)CCN1. The van der Waals surface area contributed by atoms with Crippen LogP contribution in [-0.4, -0.2) is 25.7 Å². The normalized spacial score (nSPS) is 21.2. The molecule has 1 N–H and O–H groups in total. The third-order valence-corrected chi connectivity index (χ3v) is 3.00. The summed E-state index contributed by atoms with van der Waals surface area (Å²) in [5, 5.41) is 3.34. The van der Waals surface area contributed by atoms with Crippen molar-refractivity contribution in [1.29, 1.82) is 0 Å². The van der Waals surface area contributed by atoms with Crippen LogP contribution in [0, 0.1) is 11.6 Å². The molecular weight excluding hydrogens is 210 g/mol. The van der Waals surface area contributed by atoms with Crippen molar-refractivity contribution in [3.05, 3.63) is 29.8 Å². The number of piperazine rings is 1. The van der Waals surface area contributed by atoms with Gasteiger partial charge in [-0.05, 0) is 18.6 Å². The summed E-state index contributed by atoms with van der Waals surface area (Å²) in [5.74, 6) is -0.735. The first kappa shape index (κ1) is 11.3. The zero-order valence-electron chi connectivity index (χ0n) is 9.34. The van der Waals surface area contributed by atoms with Crippen molar-refractivity contribution in [1.82, 2.24) is 5.32 Å². The van der Waals surface area contributed by atoms with E-state index in [2.05, 4.69) is 12.2 Å². The predicted octanol–water partition coefficient (Wildman–Crippen LogP) is 2.15. The molecule has 0 aromatic heterocycles. The smallest absolute Gasteiger partial charge is 0.146 e. The van der Waals surface area contributed by atoms with Gasteiger partial charge in [-0.25, -0.2) is 8.78 Å². The second kappa shape index (κ2) is 4.78. The minimum atomic E-state index is -0.386. The van der Waals surface area contributed by atoms with Gasteiger partial charge in [-0.1, -0.05) is 6.92 Å². The van der Waals surface area contributed by atoms with Gasteiger partial charge in [0.15, 0.2) is 0 Å². The summed E-state index contributed by atoms with van der Waals surface area (Å²) in [6.07, 6.45) is 0.993. The summed E-state index contributed by atoms with van der Waals surface area (Å²) >= 11 is 0. The van der Waals surface area contributed by atoms with Gasteiger partial charge in [-0.2, -0.15) is 0 Å². The lowest BCUT2D eigenvalue weighted by atomic mass is 10.1. The average molecular weight is 226 g/mol. The fourth-order valence-corrected chi connectivity index (χ4v) is 2.05. The fraction of sp³-hybridized carbons (Fsp3) is 0.500. The van der Waals surface area contributed by atoms with Crippen LogP contribution in [0.4, 0.5) is 14.5 Å². The van der Waals surface area contributed by atoms with E-state index in [0.717, 1.165) is 32.1 Å². The van der Waals surface area contributed by atoms with Crippen LogP contribution in [0.1, 0.15) is 13.3 Å². The van der Waals surface area contributed by atoms with Gasteiger partial charge in [0.2, 0.25) is 0 Å². The zero-order valence-corrected chi connectivity index (χ0v) is 9.34. The van der Waals surface area contributed by atoms with Gasteiger partial charge in [0, 0.05) is 31.7 Å². The maximum absolute atomic E-state index is 13.6. The van der Waals surface area contributed by atoms with Crippen molar-refractivity contribution < 1.29 is 8.78 Å². The minimum Gasteiger partial charge on any atom is -0.366 e. The van der Waals surface area contributed by atoms with Crippen LogP contribution >= 0.6 is 0 Å². The van der Waals surface area contributed by atoms with E-state index >= 15 is 0 Å². The third-order valence-electron chi connectivity index (χ3n) is 3.00. The topological polar surface area (TPSA) is 15.3 Å². The number of nitrogens with zero attached hydrogens (tertiary/aromatic N) is 1. The number of nitrogens with one attached hydrogen (secondary N) is 1. The third kappa shape index (κ3) is 2.32. The molecule has 0 saturated carbocycles. The molecule has 1 aliphatic rings. The first-order valence-corrected chi connectivity index (χ1v) is 5.64. The molecule has 2 nitrogen and oxygen atoms in total. The Balaban J connectivity index is 2.19. The van der Waals surface area contributed by atoms with Crippen molar-refractivity contribution in [3.63, 3.8) is 0 Å². The number of halogens is 2. The van der Waals surface area contributed by atoms with Gasteiger partial charge in [-0.15, -0.1) is 0 Å². The molecule has 0 aliphatic carbocycles. The summed E-state index contributed by atoms with van der Waals surface area (Å²) < 4.78 is 26.6. The van der Waals surface area contributed by atoms with Gasteiger partial charge < -0.3 is 10.2 Å². The van der Waals surface area contributed by atoms with E-state index in [1.54, 1.807) is 0 Å².